The minimum Gasteiger partial charge on any atom is -0.507 e. The zero-order chi connectivity index (χ0) is 21.8. The van der Waals surface area contributed by atoms with E-state index in [1.54, 1.807) is 48.4 Å². The zero-order valence-electron chi connectivity index (χ0n) is 17.5. The van der Waals surface area contributed by atoms with Crippen molar-refractivity contribution in [3.05, 3.63) is 71.3 Å². The molecular weight excluding hydrogens is 396 g/mol. The van der Waals surface area contributed by atoms with Crippen molar-refractivity contribution in [2.75, 3.05) is 46.5 Å². The lowest BCUT2D eigenvalue weighted by Crippen LogP contribution is -3.14. The molecule has 1 atom stereocenters. The Morgan fingerprint density at radius 3 is 2.42 bits per heavy atom. The van der Waals surface area contributed by atoms with E-state index in [2.05, 4.69) is 0 Å². The molecule has 1 amide bonds. The average molecular weight is 423 g/mol. The smallest absolute Gasteiger partial charge is 0.295 e. The predicted molar refractivity (Wildman–Crippen MR) is 115 cm³/mol. The predicted octanol–water partition coefficient (Wildman–Crippen LogP) is 1.03. The summed E-state index contributed by atoms with van der Waals surface area (Å²) in [5.74, 6) is -0.701. The molecule has 0 radical (unpaired) electrons. The molecule has 2 aliphatic rings. The summed E-state index contributed by atoms with van der Waals surface area (Å²) in [5.41, 5.74) is 1.39. The number of hydrogen-bond acceptors (Lipinski definition) is 5. The number of nitrogens with one attached hydrogen (secondary N) is 1. The van der Waals surface area contributed by atoms with E-state index in [-0.39, 0.29) is 11.3 Å². The molecule has 4 rings (SSSR count). The van der Waals surface area contributed by atoms with Crippen LogP contribution in [0.25, 0.3) is 5.76 Å². The van der Waals surface area contributed by atoms with Gasteiger partial charge in [0.15, 0.2) is 0 Å². The fourth-order valence-corrected chi connectivity index (χ4v) is 4.18. The van der Waals surface area contributed by atoms with E-state index >= 15 is 0 Å². The standard InChI is InChI=1S/C24H26N2O5/c1-30-19-9-7-17(8-10-19)21-20(22(27)18-5-3-2-4-6-18)23(28)24(29)26(21)12-11-25-13-15-31-16-14-25/h2-10,21,27H,11-16H2,1H3/p+1/t21-/m0/s1. The second-order valence-electron chi connectivity index (χ2n) is 7.74. The van der Waals surface area contributed by atoms with Gasteiger partial charge in [-0.05, 0) is 17.7 Å². The fraction of sp³-hybridized carbons (Fsp3) is 0.333. The largest absolute Gasteiger partial charge is 0.507 e. The van der Waals surface area contributed by atoms with Gasteiger partial charge in [0, 0.05) is 5.56 Å². The second kappa shape index (κ2) is 9.32. The van der Waals surface area contributed by atoms with Gasteiger partial charge in [-0.25, -0.2) is 0 Å². The number of rotatable bonds is 6. The van der Waals surface area contributed by atoms with Gasteiger partial charge in [-0.15, -0.1) is 0 Å². The third-order valence-corrected chi connectivity index (χ3v) is 5.92. The first-order chi connectivity index (χ1) is 15.1. The van der Waals surface area contributed by atoms with Crippen LogP contribution < -0.4 is 9.64 Å². The number of nitrogens with zero attached hydrogens (tertiary/aromatic N) is 1. The number of aliphatic hydroxyl groups is 1. The van der Waals surface area contributed by atoms with E-state index in [9.17, 15) is 14.7 Å². The third-order valence-electron chi connectivity index (χ3n) is 5.92. The number of likely N-dealkylation sites (tertiary alicyclic amines) is 1. The van der Waals surface area contributed by atoms with Crippen molar-refractivity contribution in [2.24, 2.45) is 0 Å². The number of methoxy groups -OCH3 is 1. The molecule has 2 N–H and O–H groups in total. The molecule has 0 unspecified atom stereocenters. The van der Waals surface area contributed by atoms with Gasteiger partial charge in [-0.2, -0.15) is 0 Å². The number of ketones is 1. The summed E-state index contributed by atoms with van der Waals surface area (Å²) in [7, 11) is 1.58. The summed E-state index contributed by atoms with van der Waals surface area (Å²) in [6.07, 6.45) is 0. The Hall–Kier alpha value is -3.16. The highest BCUT2D eigenvalue weighted by molar-refractivity contribution is 6.46. The van der Waals surface area contributed by atoms with Crippen molar-refractivity contribution in [2.45, 2.75) is 6.04 Å². The van der Waals surface area contributed by atoms with Crippen LogP contribution >= 0.6 is 0 Å². The van der Waals surface area contributed by atoms with Crippen LogP contribution in [0.2, 0.25) is 0 Å². The minimum absolute atomic E-state index is 0.123. The summed E-state index contributed by atoms with van der Waals surface area (Å²) in [4.78, 5) is 29.0. The lowest BCUT2D eigenvalue weighted by atomic mass is 9.95. The van der Waals surface area contributed by atoms with Crippen LogP contribution in [0.3, 0.4) is 0 Å². The van der Waals surface area contributed by atoms with Gasteiger partial charge in [0.1, 0.15) is 24.6 Å². The van der Waals surface area contributed by atoms with Crippen molar-refractivity contribution >= 4 is 17.4 Å². The molecule has 7 nitrogen and oxygen atoms in total. The first kappa shape index (κ1) is 21.1. The summed E-state index contributed by atoms with van der Waals surface area (Å²) in [6.45, 7) is 4.28. The Morgan fingerprint density at radius 1 is 1.10 bits per heavy atom. The SMILES string of the molecule is COc1ccc([C@H]2C(=C(O)c3ccccc3)C(=O)C(=O)N2CC[NH+]2CCOCC2)cc1. The van der Waals surface area contributed by atoms with Crippen LogP contribution in [-0.4, -0.2) is 68.2 Å². The highest BCUT2D eigenvalue weighted by atomic mass is 16.5. The number of Topliss-reactive ketones (excluding diaryl/α,β-unsaturated/α-hetero) is 1. The maximum Gasteiger partial charge on any atom is 0.295 e. The third kappa shape index (κ3) is 4.33. The Balaban J connectivity index is 1.72. The molecule has 0 aromatic heterocycles. The quantitative estimate of drug-likeness (QED) is 0.412. The van der Waals surface area contributed by atoms with Crippen LogP contribution in [-0.2, 0) is 14.3 Å². The van der Waals surface area contributed by atoms with Crippen molar-refractivity contribution in [3.63, 3.8) is 0 Å². The molecule has 0 spiro atoms. The van der Waals surface area contributed by atoms with Crippen molar-refractivity contribution < 1.29 is 29.1 Å². The van der Waals surface area contributed by atoms with E-state index in [1.165, 1.54) is 4.90 Å². The van der Waals surface area contributed by atoms with Gasteiger partial charge in [-0.3, -0.25) is 9.59 Å². The number of morpholine rings is 1. The maximum absolute atomic E-state index is 13.0. The van der Waals surface area contributed by atoms with Crippen LogP contribution in [0, 0.1) is 0 Å². The van der Waals surface area contributed by atoms with E-state index in [1.807, 2.05) is 18.2 Å². The van der Waals surface area contributed by atoms with Gasteiger partial charge in [0.2, 0.25) is 0 Å². The molecule has 162 valence electrons. The van der Waals surface area contributed by atoms with Gasteiger partial charge < -0.3 is 24.4 Å². The number of ether oxygens (including phenoxy) is 2. The lowest BCUT2D eigenvalue weighted by molar-refractivity contribution is -0.907. The molecule has 2 heterocycles. The normalized spacial score (nSPS) is 21.5. The topological polar surface area (TPSA) is 80.5 Å². The Bertz CT molecular complexity index is 965. The van der Waals surface area contributed by atoms with Gasteiger partial charge in [0.05, 0.1) is 45.0 Å². The molecule has 2 aromatic rings. The van der Waals surface area contributed by atoms with Crippen molar-refractivity contribution in [3.8, 4) is 5.75 Å². The van der Waals surface area contributed by atoms with E-state index in [0.717, 1.165) is 18.7 Å². The van der Waals surface area contributed by atoms with Crippen molar-refractivity contribution in [1.82, 2.24) is 4.90 Å². The molecule has 0 bridgehead atoms. The Morgan fingerprint density at radius 2 is 1.77 bits per heavy atom. The molecule has 0 saturated carbocycles. The van der Waals surface area contributed by atoms with E-state index in [0.29, 0.717) is 37.6 Å². The van der Waals surface area contributed by atoms with Crippen LogP contribution in [0.5, 0.6) is 5.75 Å². The van der Waals surface area contributed by atoms with E-state index in [4.69, 9.17) is 9.47 Å². The molecule has 2 aromatic carbocycles. The first-order valence-corrected chi connectivity index (χ1v) is 10.5. The number of hydrogen-bond donors (Lipinski definition) is 2. The molecule has 2 saturated heterocycles. The molecule has 2 aliphatic heterocycles. The number of benzene rings is 2. The summed E-state index contributed by atoms with van der Waals surface area (Å²) >= 11 is 0. The molecular formula is C24H27N2O5+. The zero-order valence-corrected chi connectivity index (χ0v) is 17.5. The fourth-order valence-electron chi connectivity index (χ4n) is 4.18. The summed E-state index contributed by atoms with van der Waals surface area (Å²) in [6, 6.07) is 15.5. The summed E-state index contributed by atoms with van der Waals surface area (Å²) in [5, 5.41) is 11.0. The lowest BCUT2D eigenvalue weighted by Gasteiger charge is -2.29. The summed E-state index contributed by atoms with van der Waals surface area (Å²) < 4.78 is 10.7. The number of amides is 1. The monoisotopic (exact) mass is 423 g/mol. The second-order valence-corrected chi connectivity index (χ2v) is 7.74. The Kier molecular flexibility index (Phi) is 6.34. The number of aliphatic hydroxyl groups excluding tert-OH is 1. The molecule has 0 aliphatic carbocycles. The first-order valence-electron chi connectivity index (χ1n) is 10.5. The number of carbonyl (C=O) groups excluding carboxylic acids is 2. The van der Waals surface area contributed by atoms with Gasteiger partial charge in [0.25, 0.3) is 11.7 Å². The van der Waals surface area contributed by atoms with Crippen LogP contribution in [0.4, 0.5) is 0 Å². The van der Waals surface area contributed by atoms with Gasteiger partial charge in [-0.1, -0.05) is 42.5 Å². The Labute approximate surface area is 181 Å². The van der Waals surface area contributed by atoms with Gasteiger partial charge >= 0.3 is 0 Å². The van der Waals surface area contributed by atoms with Crippen LogP contribution in [0.1, 0.15) is 17.2 Å². The molecule has 7 heteroatoms. The van der Waals surface area contributed by atoms with Crippen molar-refractivity contribution in [1.29, 1.82) is 0 Å². The highest BCUT2D eigenvalue weighted by Gasteiger charge is 2.46. The van der Waals surface area contributed by atoms with E-state index < -0.39 is 17.7 Å². The highest BCUT2D eigenvalue weighted by Crippen LogP contribution is 2.39. The number of carbonyl (C=O) groups is 2. The van der Waals surface area contributed by atoms with Crippen LogP contribution in [0.15, 0.2) is 60.2 Å². The average Bonchev–Trinajstić information content (AvgIpc) is 3.08. The molecule has 2 fully saturated rings. The maximum atomic E-state index is 13.0. The number of quaternary nitrogens is 1. The molecule has 31 heavy (non-hydrogen) atoms. The minimum atomic E-state index is -0.654.